The predicted octanol–water partition coefficient (Wildman–Crippen LogP) is 17.1. The van der Waals surface area contributed by atoms with Crippen LogP contribution in [0.3, 0.4) is 0 Å². The summed E-state index contributed by atoms with van der Waals surface area (Å²) in [6.45, 7) is 9.60. The molecular formula is C87H88BrF9N24O8. The zero-order valence-corrected chi connectivity index (χ0v) is 70.8. The molecule has 0 radical (unpaired) electrons. The Balaban J connectivity index is 0.000000157. The molecule has 0 amide bonds. The first-order valence-corrected chi connectivity index (χ1v) is 41.0. The number of aromatic amines is 1. The lowest BCUT2D eigenvalue weighted by Gasteiger charge is -2.15. The summed E-state index contributed by atoms with van der Waals surface area (Å²) in [5, 5.41) is 25.2. The van der Waals surface area contributed by atoms with E-state index in [0.29, 0.717) is 129 Å². The average Bonchev–Trinajstić information content (AvgIpc) is 1.57. The number of hydrogen-bond acceptors (Lipinski definition) is 26. The van der Waals surface area contributed by atoms with Gasteiger partial charge in [-0.2, -0.15) is 54.8 Å². The number of rotatable bonds is 25. The lowest BCUT2D eigenvalue weighted by Crippen LogP contribution is -2.19. The maximum absolute atomic E-state index is 13.5. The van der Waals surface area contributed by atoms with Gasteiger partial charge in [-0.05, 0) is 89.8 Å². The number of benzene rings is 3. The summed E-state index contributed by atoms with van der Waals surface area (Å²) >= 11 is 3.07. The Kier molecular flexibility index (Phi) is 28.3. The smallest absolute Gasteiger partial charge is 0.434 e. The van der Waals surface area contributed by atoms with Crippen LogP contribution in [0.15, 0.2) is 148 Å². The summed E-state index contributed by atoms with van der Waals surface area (Å²) < 4.78 is 153. The predicted molar refractivity (Wildman–Crippen MR) is 458 cm³/mol. The third kappa shape index (κ3) is 21.0. The number of carbonyl (C=O) groups is 2. The number of aromatic nitrogens is 24. The maximum atomic E-state index is 13.5. The Morgan fingerprint density at radius 2 is 0.806 bits per heavy atom. The molecule has 674 valence electrons. The van der Waals surface area contributed by atoms with Crippen molar-refractivity contribution in [2.24, 2.45) is 0 Å². The molecule has 42 heteroatoms. The molecule has 3 aliphatic carbocycles. The topological polar surface area (TPSA) is 373 Å². The highest BCUT2D eigenvalue weighted by atomic mass is 79.9. The van der Waals surface area contributed by atoms with E-state index in [1.54, 1.807) is 161 Å². The van der Waals surface area contributed by atoms with E-state index >= 15 is 0 Å². The summed E-state index contributed by atoms with van der Waals surface area (Å²) in [6, 6.07) is 19.4. The Morgan fingerprint density at radius 1 is 0.457 bits per heavy atom. The van der Waals surface area contributed by atoms with E-state index in [1.807, 2.05) is 12.1 Å². The Morgan fingerprint density at radius 3 is 1.12 bits per heavy atom. The summed E-state index contributed by atoms with van der Waals surface area (Å²) in [7, 11) is 4.65. The van der Waals surface area contributed by atoms with Crippen molar-refractivity contribution >= 4 is 61.0 Å². The molecule has 3 atom stereocenters. The number of ether oxygens (including phenoxy) is 5. The second-order valence-corrected chi connectivity index (χ2v) is 31.2. The molecule has 2 N–H and O–H groups in total. The van der Waals surface area contributed by atoms with Crippen LogP contribution in [0.1, 0.15) is 169 Å². The average molecular weight is 1850 g/mol. The van der Waals surface area contributed by atoms with Gasteiger partial charge in [0.1, 0.15) is 69.7 Å². The second kappa shape index (κ2) is 39.3. The first-order chi connectivity index (χ1) is 61.0. The monoisotopic (exact) mass is 1850 g/mol. The number of nitrogens with one attached hydrogen (secondary N) is 1. The summed E-state index contributed by atoms with van der Waals surface area (Å²) in [6.07, 6.45) is 9.68. The fraction of sp³-hybridized carbons (Fsp3) is 0.356. The number of esters is 2. The van der Waals surface area contributed by atoms with Crippen molar-refractivity contribution in [3.63, 3.8) is 0 Å². The first kappa shape index (κ1) is 93.0. The number of aliphatic hydroxyl groups is 1. The number of nitrogens with zero attached hydrogens (tertiary/aromatic N) is 23. The van der Waals surface area contributed by atoms with Gasteiger partial charge in [0.15, 0.2) is 45.8 Å². The number of hydrogen-bond donors (Lipinski definition) is 2. The molecule has 12 heterocycles. The molecule has 3 saturated carbocycles. The summed E-state index contributed by atoms with van der Waals surface area (Å²) in [5.41, 5.74) is 7.55. The molecule has 18 rings (SSSR count). The summed E-state index contributed by atoms with van der Waals surface area (Å²) in [4.78, 5) is 90.6. The number of H-pyrrole nitrogens is 1. The van der Waals surface area contributed by atoms with E-state index in [9.17, 15) is 54.2 Å². The van der Waals surface area contributed by atoms with Gasteiger partial charge >= 0.3 is 30.5 Å². The van der Waals surface area contributed by atoms with Crippen molar-refractivity contribution in [3.05, 3.63) is 198 Å². The van der Waals surface area contributed by atoms with Crippen molar-refractivity contribution in [2.45, 2.75) is 161 Å². The summed E-state index contributed by atoms with van der Waals surface area (Å²) in [5.74, 6) is 3.05. The lowest BCUT2D eigenvalue weighted by molar-refractivity contribution is -0.147. The number of alkyl halides is 10. The highest BCUT2D eigenvalue weighted by Gasteiger charge is 2.40. The standard InChI is InChI=1S/C29H27F3N8O3.C27H25F3N8O2.C24H19F3N8O.C5H9BrO2.2CH4/c1-4-43-28(41)16(2)39-14-21(29(30,31)32)37-25(39)19-7-5-17(6-8-19)13-40-26-20(12-36-40)11-33-24(38-26)22-23(18-9-10-18)34-15-35-27(22)42-3;1-15(13-39)37-12-20(27(28,29)30)35-24(37)18-5-3-16(4-6-18)11-38-25-19(10-34-38)9-31-23(36-25)21-22(17-7-8-17)32-14-33-26(21)40-2;1-36-23-18(19(14-6-7-14)30-12-31-23)21-28-8-16-9-32-35(22(16)34-21)11-13-2-4-15(5-3-13)20-29-10-17(33-20)24(25,26)27;1-3-8-5(7)4(2)6;;/h5-8,11-12,14-16,18H,4,9-10,13H2,1-3H3;3-6,9-10,12,14-15,17,39H,7-8,11,13H2,1-2H3;2-5,8-10,12,14H,6-7,11H2,1H3,(H,29,33);4H,3H2,1-2H3;2*1H4. The molecule has 3 aliphatic rings. The van der Waals surface area contributed by atoms with E-state index in [1.165, 1.54) is 35.0 Å². The zero-order valence-electron chi connectivity index (χ0n) is 69.2. The van der Waals surface area contributed by atoms with Crippen LogP contribution in [0.2, 0.25) is 0 Å². The molecule has 3 fully saturated rings. The van der Waals surface area contributed by atoms with Gasteiger partial charge in [-0.15, -0.1) is 0 Å². The van der Waals surface area contributed by atoms with Crippen LogP contribution < -0.4 is 14.2 Å². The molecular weight excluding hydrogens is 1760 g/mol. The van der Waals surface area contributed by atoms with Gasteiger partial charge in [0, 0.05) is 65.4 Å². The van der Waals surface area contributed by atoms with Crippen LogP contribution in [0.4, 0.5) is 39.5 Å². The maximum Gasteiger partial charge on any atom is 0.434 e. The number of imidazole rings is 3. The van der Waals surface area contributed by atoms with Crippen molar-refractivity contribution in [3.8, 4) is 86.0 Å². The highest BCUT2D eigenvalue weighted by Crippen LogP contribution is 2.48. The van der Waals surface area contributed by atoms with E-state index in [-0.39, 0.29) is 56.3 Å². The minimum absolute atomic E-state index is 0. The van der Waals surface area contributed by atoms with Crippen LogP contribution in [-0.2, 0) is 57.2 Å². The fourth-order valence-corrected chi connectivity index (χ4v) is 13.9. The fourth-order valence-electron chi connectivity index (χ4n) is 13.8. The number of methoxy groups -OCH3 is 3. The van der Waals surface area contributed by atoms with Crippen LogP contribution in [-0.4, -0.2) is 181 Å². The van der Waals surface area contributed by atoms with Gasteiger partial charge in [-0.25, -0.2) is 93.6 Å². The molecule has 32 nitrogen and oxygen atoms in total. The molecule has 3 unspecified atom stereocenters. The third-order valence-electron chi connectivity index (χ3n) is 20.8. The van der Waals surface area contributed by atoms with Crippen LogP contribution in [0.5, 0.6) is 17.6 Å². The largest absolute Gasteiger partial charge is 0.480 e. The van der Waals surface area contributed by atoms with Gasteiger partial charge in [-0.3, -0.25) is 4.79 Å². The number of carbonyl (C=O) groups excluding carboxylic acids is 2. The number of fused-ring (bicyclic) bond motifs is 3. The van der Waals surface area contributed by atoms with Crippen molar-refractivity contribution in [1.82, 2.24) is 118 Å². The third-order valence-corrected chi connectivity index (χ3v) is 21.1. The Hall–Kier alpha value is -13.7. The second-order valence-electron chi connectivity index (χ2n) is 29.8. The van der Waals surface area contributed by atoms with Gasteiger partial charge in [0.25, 0.3) is 0 Å². The van der Waals surface area contributed by atoms with Crippen LogP contribution in [0, 0.1) is 0 Å². The van der Waals surface area contributed by atoms with E-state index in [2.05, 4.69) is 101 Å². The van der Waals surface area contributed by atoms with E-state index in [4.69, 9.17) is 33.9 Å². The molecule has 0 bridgehead atoms. The molecule has 15 aromatic rings. The van der Waals surface area contributed by atoms with Crippen molar-refractivity contribution < 1.29 is 77.9 Å². The lowest BCUT2D eigenvalue weighted by atomic mass is 10.1. The van der Waals surface area contributed by atoms with Gasteiger partial charge in [0.2, 0.25) is 17.6 Å². The first-order valence-electron chi connectivity index (χ1n) is 40.1. The zero-order chi connectivity index (χ0) is 89.8. The molecule has 0 spiro atoms. The van der Waals surface area contributed by atoms with E-state index in [0.717, 1.165) is 107 Å². The molecule has 3 aromatic carbocycles. The van der Waals surface area contributed by atoms with Crippen molar-refractivity contribution in [1.29, 1.82) is 0 Å². The minimum atomic E-state index is -4.68. The normalized spacial score (nSPS) is 13.9. The SMILES string of the molecule is C.C.CCOC(=O)C(C)Br.CCOC(=O)C(C)n1cc(C(F)(F)F)nc1-c1ccc(Cn2ncc3cnc(-c4c(OC)ncnc4C4CC4)nc32)cc1.COc1ncnc(C2CC2)c1-c1ncc2cnn(Cc3ccc(-c4nc(C(F)(F)F)cn4C(C)CO)cc3)c2n1.COc1ncnc(C2CC2)c1-c1ncc2cnn(Cc3ccc(-c4ncc(C(F)(F)F)[nH]4)cc3)c2n1. The van der Waals surface area contributed by atoms with Gasteiger partial charge in [-0.1, -0.05) is 104 Å². The molecule has 0 saturated heterocycles. The van der Waals surface area contributed by atoms with Crippen molar-refractivity contribution in [2.75, 3.05) is 41.2 Å². The Bertz CT molecular complexity index is 6450. The molecule has 0 aliphatic heterocycles. The van der Waals surface area contributed by atoms with Gasteiger partial charge < -0.3 is 42.9 Å². The number of halogens is 10. The molecule has 129 heavy (non-hydrogen) atoms. The highest BCUT2D eigenvalue weighted by molar-refractivity contribution is 9.10. The minimum Gasteiger partial charge on any atom is -0.480 e. The van der Waals surface area contributed by atoms with E-state index < -0.39 is 53.7 Å². The van der Waals surface area contributed by atoms with Crippen LogP contribution >= 0.6 is 15.9 Å². The van der Waals surface area contributed by atoms with Gasteiger partial charge in [0.05, 0.1) is 125 Å². The number of aliphatic hydroxyl groups excluding tert-OH is 1. The van der Waals surface area contributed by atoms with Crippen LogP contribution in [0.25, 0.3) is 101 Å². The quantitative estimate of drug-likeness (QED) is 0.0305. The Labute approximate surface area is 739 Å². The molecule has 12 aromatic heterocycles.